The van der Waals surface area contributed by atoms with Gasteiger partial charge in [0.25, 0.3) is 0 Å². The van der Waals surface area contributed by atoms with Crippen molar-refractivity contribution in [2.75, 3.05) is 0 Å². The molecule has 0 aromatic rings. The normalized spacial score (nSPS) is 11.1. The molecular formula is C24H48. The van der Waals surface area contributed by atoms with Gasteiger partial charge >= 0.3 is 0 Å². The van der Waals surface area contributed by atoms with Crippen molar-refractivity contribution in [1.29, 1.82) is 0 Å². The van der Waals surface area contributed by atoms with Crippen LogP contribution >= 0.6 is 0 Å². The lowest BCUT2D eigenvalue weighted by Crippen LogP contribution is -1.86. The first-order valence-corrected chi connectivity index (χ1v) is 11.5. The second-order valence-corrected chi connectivity index (χ2v) is 7.91. The molecular weight excluding hydrogens is 288 g/mol. The van der Waals surface area contributed by atoms with Crippen molar-refractivity contribution in [3.05, 3.63) is 12.2 Å². The van der Waals surface area contributed by atoms with Crippen LogP contribution in [0.15, 0.2) is 12.2 Å². The molecule has 0 radical (unpaired) electrons. The summed E-state index contributed by atoms with van der Waals surface area (Å²) in [4.78, 5) is 0. The zero-order valence-corrected chi connectivity index (χ0v) is 17.3. The van der Waals surface area contributed by atoms with E-state index < -0.39 is 0 Å². The van der Waals surface area contributed by atoms with Crippen LogP contribution in [0.1, 0.15) is 142 Å². The van der Waals surface area contributed by atoms with E-state index >= 15 is 0 Å². The highest BCUT2D eigenvalue weighted by atomic mass is 14.0. The van der Waals surface area contributed by atoms with E-state index in [2.05, 4.69) is 20.4 Å². The van der Waals surface area contributed by atoms with E-state index in [1.54, 1.807) is 0 Å². The van der Waals surface area contributed by atoms with Crippen molar-refractivity contribution < 1.29 is 0 Å². The third-order valence-corrected chi connectivity index (χ3v) is 5.27. The van der Waals surface area contributed by atoms with Crippen LogP contribution in [0.3, 0.4) is 0 Å². The van der Waals surface area contributed by atoms with Gasteiger partial charge in [0.15, 0.2) is 0 Å². The molecule has 0 saturated heterocycles. The maximum atomic E-state index is 4.29. The highest BCUT2D eigenvalue weighted by Crippen LogP contribution is 2.17. The van der Waals surface area contributed by atoms with Gasteiger partial charge in [-0.2, -0.15) is 0 Å². The molecule has 0 aromatic carbocycles. The lowest BCUT2D eigenvalue weighted by Gasteiger charge is -2.06. The summed E-state index contributed by atoms with van der Waals surface area (Å²) in [6.45, 7) is 8.87. The minimum absolute atomic E-state index is 1.28. The molecule has 0 atom stereocenters. The van der Waals surface area contributed by atoms with Crippen molar-refractivity contribution in [3.63, 3.8) is 0 Å². The van der Waals surface area contributed by atoms with Crippen LogP contribution in [0.2, 0.25) is 0 Å². The van der Waals surface area contributed by atoms with Gasteiger partial charge in [-0.05, 0) is 25.7 Å². The maximum Gasteiger partial charge on any atom is -0.0323 e. The Hall–Kier alpha value is -0.260. The second kappa shape index (κ2) is 20.8. The Bertz CT molecular complexity index is 240. The fraction of sp³-hybridized carbons (Fsp3) is 0.917. The van der Waals surface area contributed by atoms with Crippen LogP contribution in [-0.4, -0.2) is 0 Å². The van der Waals surface area contributed by atoms with Gasteiger partial charge in [0, 0.05) is 0 Å². The number of hydrogen-bond acceptors (Lipinski definition) is 0. The molecule has 0 nitrogen and oxygen atoms in total. The highest BCUT2D eigenvalue weighted by molar-refractivity contribution is 4.93. The molecule has 0 N–H and O–H groups in total. The third kappa shape index (κ3) is 19.8. The lowest BCUT2D eigenvalue weighted by atomic mass is 10.0. The van der Waals surface area contributed by atoms with Crippen molar-refractivity contribution >= 4 is 0 Å². The number of rotatable bonds is 20. The van der Waals surface area contributed by atoms with E-state index in [1.165, 1.54) is 134 Å². The Kier molecular flexibility index (Phi) is 20.6. The Morgan fingerprint density at radius 3 is 0.958 bits per heavy atom. The first kappa shape index (κ1) is 23.7. The average molecular weight is 337 g/mol. The Balaban J connectivity index is 3.13. The molecule has 0 amide bonds. The molecule has 0 heterocycles. The Labute approximate surface area is 154 Å². The fourth-order valence-corrected chi connectivity index (χ4v) is 3.50. The molecule has 0 aliphatic rings. The van der Waals surface area contributed by atoms with Gasteiger partial charge in [0.1, 0.15) is 0 Å². The standard InChI is InChI=1S/C24H48/c1-4-6-8-10-12-14-15-17-19-21-23-24(3)22-20-18-16-13-11-9-7-5-2/h3-23H2,1-2H3. The van der Waals surface area contributed by atoms with Crippen molar-refractivity contribution in [2.24, 2.45) is 0 Å². The van der Waals surface area contributed by atoms with Crippen LogP contribution in [-0.2, 0) is 0 Å². The summed E-state index contributed by atoms with van der Waals surface area (Å²) in [5, 5.41) is 0. The molecule has 0 aromatic heterocycles. The molecule has 24 heavy (non-hydrogen) atoms. The van der Waals surface area contributed by atoms with Gasteiger partial charge in [-0.15, -0.1) is 0 Å². The van der Waals surface area contributed by atoms with Gasteiger partial charge < -0.3 is 0 Å². The van der Waals surface area contributed by atoms with Crippen LogP contribution in [0.4, 0.5) is 0 Å². The van der Waals surface area contributed by atoms with Crippen molar-refractivity contribution in [2.45, 2.75) is 142 Å². The number of unbranched alkanes of at least 4 members (excludes halogenated alkanes) is 16. The summed E-state index contributed by atoms with van der Waals surface area (Å²) >= 11 is 0. The smallest absolute Gasteiger partial charge is 0.0323 e. The summed E-state index contributed by atoms with van der Waals surface area (Å²) in [7, 11) is 0. The number of allylic oxidation sites excluding steroid dienone is 1. The van der Waals surface area contributed by atoms with Crippen LogP contribution in [0.25, 0.3) is 0 Å². The largest absolute Gasteiger partial charge is 0.0999 e. The first-order valence-electron chi connectivity index (χ1n) is 11.5. The summed E-state index contributed by atoms with van der Waals surface area (Å²) in [6, 6.07) is 0. The SMILES string of the molecule is C=C(CCCCCCCCCC)CCCCCCCCCCCC. The zero-order valence-electron chi connectivity index (χ0n) is 17.3. The van der Waals surface area contributed by atoms with Gasteiger partial charge in [0.2, 0.25) is 0 Å². The molecule has 0 unspecified atom stereocenters. The van der Waals surface area contributed by atoms with Gasteiger partial charge in [-0.25, -0.2) is 0 Å². The van der Waals surface area contributed by atoms with Crippen LogP contribution < -0.4 is 0 Å². The zero-order chi connectivity index (χ0) is 17.7. The Morgan fingerprint density at radius 2 is 0.667 bits per heavy atom. The van der Waals surface area contributed by atoms with E-state index in [0.29, 0.717) is 0 Å². The minimum Gasteiger partial charge on any atom is -0.0999 e. The monoisotopic (exact) mass is 336 g/mol. The Morgan fingerprint density at radius 1 is 0.417 bits per heavy atom. The maximum absolute atomic E-state index is 4.29. The molecule has 0 bridgehead atoms. The van der Waals surface area contributed by atoms with Crippen LogP contribution in [0.5, 0.6) is 0 Å². The van der Waals surface area contributed by atoms with Crippen molar-refractivity contribution in [3.8, 4) is 0 Å². The predicted molar refractivity (Wildman–Crippen MR) is 113 cm³/mol. The van der Waals surface area contributed by atoms with E-state index in [0.717, 1.165) is 0 Å². The lowest BCUT2D eigenvalue weighted by molar-refractivity contribution is 0.550. The van der Waals surface area contributed by atoms with E-state index in [-0.39, 0.29) is 0 Å². The molecule has 0 aliphatic carbocycles. The third-order valence-electron chi connectivity index (χ3n) is 5.27. The van der Waals surface area contributed by atoms with E-state index in [4.69, 9.17) is 0 Å². The summed E-state index contributed by atoms with van der Waals surface area (Å²) in [5.74, 6) is 0. The molecule has 0 rings (SSSR count). The van der Waals surface area contributed by atoms with Gasteiger partial charge in [-0.3, -0.25) is 0 Å². The summed E-state index contributed by atoms with van der Waals surface area (Å²) in [6.07, 6.45) is 28.3. The highest BCUT2D eigenvalue weighted by Gasteiger charge is 1.97. The second-order valence-electron chi connectivity index (χ2n) is 7.91. The molecule has 0 spiro atoms. The van der Waals surface area contributed by atoms with Crippen molar-refractivity contribution in [1.82, 2.24) is 0 Å². The quantitative estimate of drug-likeness (QED) is 0.153. The predicted octanol–water partition coefficient (Wildman–Crippen LogP) is 9.38. The molecule has 0 saturated carbocycles. The minimum atomic E-state index is 1.28. The molecule has 144 valence electrons. The molecule has 0 heteroatoms. The van der Waals surface area contributed by atoms with Crippen LogP contribution in [0, 0.1) is 0 Å². The summed E-state index contributed by atoms with van der Waals surface area (Å²) < 4.78 is 0. The average Bonchev–Trinajstić information content (AvgIpc) is 2.59. The van der Waals surface area contributed by atoms with Gasteiger partial charge in [0.05, 0.1) is 0 Å². The van der Waals surface area contributed by atoms with E-state index in [1.807, 2.05) is 0 Å². The molecule has 0 fully saturated rings. The van der Waals surface area contributed by atoms with Gasteiger partial charge in [-0.1, -0.05) is 129 Å². The fourth-order valence-electron chi connectivity index (χ4n) is 3.50. The topological polar surface area (TPSA) is 0 Å². The summed E-state index contributed by atoms with van der Waals surface area (Å²) in [5.41, 5.74) is 1.51. The first-order chi connectivity index (χ1) is 11.8. The molecule has 0 aliphatic heterocycles. The number of hydrogen-bond donors (Lipinski definition) is 0. The van der Waals surface area contributed by atoms with E-state index in [9.17, 15) is 0 Å².